The molecule has 2 N–H and O–H groups in total. The number of carbonyl (C=O) groups is 2. The Morgan fingerprint density at radius 2 is 2.32 bits per heavy atom. The van der Waals surface area contributed by atoms with E-state index in [1.165, 1.54) is 11.3 Å². The molecule has 0 bridgehead atoms. The number of hydrogen-bond donors (Lipinski definition) is 2. The number of ether oxygens (including phenoxy) is 2. The van der Waals surface area contributed by atoms with Crippen LogP contribution < -0.4 is 10.6 Å². The van der Waals surface area contributed by atoms with Crippen LogP contribution in [0.15, 0.2) is 5.38 Å². The standard InChI is InChI=1S/C16H22FN3O4S/c1-10-8-25-13(20-10)6-18-14(21)11-4-12(24-7-11)5-19-15(22)16(17)2-3-23-9-16/h8,11-12H,2-7,9H2,1H3,(H,18,21)(H,19,22)/t11-,12-,16?/m0/s1. The maximum absolute atomic E-state index is 14.2. The van der Waals surface area contributed by atoms with Crippen LogP contribution in [0.25, 0.3) is 0 Å². The lowest BCUT2D eigenvalue weighted by atomic mass is 10.0. The highest BCUT2D eigenvalue weighted by molar-refractivity contribution is 7.09. The molecule has 3 rings (SSSR count). The fourth-order valence-electron chi connectivity index (χ4n) is 2.91. The molecule has 1 aromatic heterocycles. The Hall–Kier alpha value is -1.58. The third kappa shape index (κ3) is 4.53. The van der Waals surface area contributed by atoms with Crippen molar-refractivity contribution in [3.8, 4) is 0 Å². The zero-order valence-electron chi connectivity index (χ0n) is 14.0. The Balaban J connectivity index is 1.39. The lowest BCUT2D eigenvalue weighted by molar-refractivity contribution is -0.133. The summed E-state index contributed by atoms with van der Waals surface area (Å²) in [6.45, 7) is 2.85. The van der Waals surface area contributed by atoms with Gasteiger partial charge in [0.25, 0.3) is 5.91 Å². The molecular weight excluding hydrogens is 349 g/mol. The monoisotopic (exact) mass is 371 g/mol. The Morgan fingerprint density at radius 1 is 1.48 bits per heavy atom. The number of nitrogens with one attached hydrogen (secondary N) is 2. The van der Waals surface area contributed by atoms with Crippen molar-refractivity contribution in [2.45, 2.75) is 38.1 Å². The number of aryl methyl sites for hydroxylation is 1. The van der Waals surface area contributed by atoms with Crippen molar-refractivity contribution in [1.29, 1.82) is 0 Å². The highest BCUT2D eigenvalue weighted by Gasteiger charge is 2.43. The SMILES string of the molecule is Cc1csc(CNC(=O)[C@@H]2CO[C@H](CNC(=O)C3(F)CCOC3)C2)n1. The molecule has 0 aromatic carbocycles. The van der Waals surface area contributed by atoms with Crippen LogP contribution in [0.4, 0.5) is 4.39 Å². The molecule has 138 valence electrons. The van der Waals surface area contributed by atoms with E-state index in [2.05, 4.69) is 15.6 Å². The number of carbonyl (C=O) groups excluding carboxylic acids is 2. The molecule has 2 fully saturated rings. The summed E-state index contributed by atoms with van der Waals surface area (Å²) in [7, 11) is 0. The summed E-state index contributed by atoms with van der Waals surface area (Å²) in [5, 5.41) is 8.22. The first-order chi connectivity index (χ1) is 12.0. The first-order valence-corrected chi connectivity index (χ1v) is 9.19. The van der Waals surface area contributed by atoms with Gasteiger partial charge >= 0.3 is 0 Å². The summed E-state index contributed by atoms with van der Waals surface area (Å²) in [5.41, 5.74) is -1.01. The molecule has 2 aliphatic heterocycles. The van der Waals surface area contributed by atoms with Gasteiger partial charge < -0.3 is 20.1 Å². The number of rotatable bonds is 6. The van der Waals surface area contributed by atoms with E-state index in [0.29, 0.717) is 19.6 Å². The topological polar surface area (TPSA) is 89.6 Å². The fourth-order valence-corrected chi connectivity index (χ4v) is 3.62. The van der Waals surface area contributed by atoms with E-state index in [0.717, 1.165) is 10.7 Å². The van der Waals surface area contributed by atoms with E-state index in [1.807, 2.05) is 12.3 Å². The van der Waals surface area contributed by atoms with Gasteiger partial charge in [-0.3, -0.25) is 9.59 Å². The highest BCUT2D eigenvalue weighted by Crippen LogP contribution is 2.24. The van der Waals surface area contributed by atoms with Gasteiger partial charge in [-0.2, -0.15) is 0 Å². The van der Waals surface area contributed by atoms with Crippen LogP contribution in [-0.4, -0.2) is 54.9 Å². The second kappa shape index (κ2) is 7.76. The minimum atomic E-state index is -1.94. The smallest absolute Gasteiger partial charge is 0.260 e. The Morgan fingerprint density at radius 3 is 3.00 bits per heavy atom. The third-order valence-corrected chi connectivity index (χ3v) is 5.37. The number of nitrogens with zero attached hydrogens (tertiary/aromatic N) is 1. The molecule has 1 aromatic rings. The van der Waals surface area contributed by atoms with Gasteiger partial charge in [0.15, 0.2) is 0 Å². The van der Waals surface area contributed by atoms with Gasteiger partial charge in [0.1, 0.15) is 5.01 Å². The first kappa shape index (κ1) is 18.2. The number of thiazole rings is 1. The third-order valence-electron chi connectivity index (χ3n) is 4.40. The van der Waals surface area contributed by atoms with E-state index in [9.17, 15) is 14.0 Å². The van der Waals surface area contributed by atoms with E-state index in [4.69, 9.17) is 9.47 Å². The molecule has 9 heteroatoms. The van der Waals surface area contributed by atoms with Crippen molar-refractivity contribution in [2.75, 3.05) is 26.4 Å². The maximum atomic E-state index is 14.2. The molecule has 0 aliphatic carbocycles. The second-order valence-electron chi connectivity index (χ2n) is 6.47. The minimum Gasteiger partial charge on any atom is -0.377 e. The predicted molar refractivity (Wildman–Crippen MR) is 88.8 cm³/mol. The number of amides is 2. The normalized spacial score (nSPS) is 28.9. The zero-order valence-corrected chi connectivity index (χ0v) is 14.9. The van der Waals surface area contributed by atoms with Crippen molar-refractivity contribution >= 4 is 23.2 Å². The van der Waals surface area contributed by atoms with Crippen LogP contribution in [0, 0.1) is 12.8 Å². The first-order valence-electron chi connectivity index (χ1n) is 8.31. The van der Waals surface area contributed by atoms with Gasteiger partial charge in [-0.15, -0.1) is 11.3 Å². The Labute approximate surface area is 149 Å². The molecule has 0 saturated carbocycles. The van der Waals surface area contributed by atoms with Crippen LogP contribution in [0.2, 0.25) is 0 Å². The summed E-state index contributed by atoms with van der Waals surface area (Å²) in [5.74, 6) is -1.02. The van der Waals surface area contributed by atoms with Crippen molar-refractivity contribution in [2.24, 2.45) is 5.92 Å². The summed E-state index contributed by atoms with van der Waals surface area (Å²) < 4.78 is 24.7. The van der Waals surface area contributed by atoms with E-state index in [1.54, 1.807) is 0 Å². The molecule has 0 radical (unpaired) electrons. The van der Waals surface area contributed by atoms with Gasteiger partial charge in [0.2, 0.25) is 11.6 Å². The molecule has 0 spiro atoms. The summed E-state index contributed by atoms with van der Waals surface area (Å²) >= 11 is 1.51. The zero-order chi connectivity index (χ0) is 17.9. The second-order valence-corrected chi connectivity index (χ2v) is 7.41. The number of alkyl halides is 1. The van der Waals surface area contributed by atoms with E-state index >= 15 is 0 Å². The lowest BCUT2D eigenvalue weighted by Gasteiger charge is -2.18. The van der Waals surface area contributed by atoms with Crippen LogP contribution in [0.5, 0.6) is 0 Å². The minimum absolute atomic E-state index is 0.0750. The number of aromatic nitrogens is 1. The molecule has 3 atom stereocenters. The van der Waals surface area contributed by atoms with Crippen LogP contribution in [-0.2, 0) is 25.6 Å². The van der Waals surface area contributed by atoms with Crippen molar-refractivity contribution in [1.82, 2.24) is 15.6 Å². The summed E-state index contributed by atoms with van der Waals surface area (Å²) in [6.07, 6.45) is 0.289. The predicted octanol–water partition coefficient (Wildman–Crippen LogP) is 0.718. The average molecular weight is 371 g/mol. The maximum Gasteiger partial charge on any atom is 0.260 e. The summed E-state index contributed by atoms with van der Waals surface area (Å²) in [4.78, 5) is 28.4. The molecule has 2 amide bonds. The fraction of sp³-hybridized carbons (Fsp3) is 0.688. The van der Waals surface area contributed by atoms with Gasteiger partial charge in [0.05, 0.1) is 38.4 Å². The van der Waals surface area contributed by atoms with Crippen molar-refractivity contribution in [3.05, 3.63) is 16.1 Å². The van der Waals surface area contributed by atoms with E-state index < -0.39 is 11.6 Å². The Kier molecular flexibility index (Phi) is 5.65. The molecule has 2 aliphatic rings. The van der Waals surface area contributed by atoms with Crippen LogP contribution in [0.3, 0.4) is 0 Å². The molecule has 1 unspecified atom stereocenters. The van der Waals surface area contributed by atoms with Crippen molar-refractivity contribution in [3.63, 3.8) is 0 Å². The Bertz CT molecular complexity index is 633. The van der Waals surface area contributed by atoms with Crippen LogP contribution in [0.1, 0.15) is 23.5 Å². The van der Waals surface area contributed by atoms with Gasteiger partial charge in [-0.25, -0.2) is 9.37 Å². The number of halogens is 1. The van der Waals surface area contributed by atoms with Gasteiger partial charge in [-0.1, -0.05) is 0 Å². The molecular formula is C16H22FN3O4S. The lowest BCUT2D eigenvalue weighted by Crippen LogP contribution is -2.46. The quantitative estimate of drug-likeness (QED) is 0.769. The average Bonchev–Trinajstić information content (AvgIpc) is 3.32. The van der Waals surface area contributed by atoms with Gasteiger partial charge in [0, 0.05) is 24.0 Å². The molecule has 2 saturated heterocycles. The molecule has 25 heavy (non-hydrogen) atoms. The largest absolute Gasteiger partial charge is 0.377 e. The highest BCUT2D eigenvalue weighted by atomic mass is 32.1. The molecule has 7 nitrogen and oxygen atoms in total. The van der Waals surface area contributed by atoms with Gasteiger partial charge in [-0.05, 0) is 13.3 Å². The van der Waals surface area contributed by atoms with Crippen molar-refractivity contribution < 1.29 is 23.5 Å². The van der Waals surface area contributed by atoms with Crippen LogP contribution >= 0.6 is 11.3 Å². The summed E-state index contributed by atoms with van der Waals surface area (Å²) in [6, 6.07) is 0. The number of hydrogen-bond acceptors (Lipinski definition) is 6. The van der Waals surface area contributed by atoms with E-state index in [-0.39, 0.29) is 44.1 Å². The molecule has 3 heterocycles.